The summed E-state index contributed by atoms with van der Waals surface area (Å²) in [5.41, 5.74) is 12.5. The zero-order chi connectivity index (χ0) is 23.9. The maximum absolute atomic E-state index is 12.3. The molecule has 0 aliphatic heterocycles. The topological polar surface area (TPSA) is 137 Å². The molecule has 1 aromatic heterocycles. The van der Waals surface area contributed by atoms with E-state index >= 15 is 0 Å². The minimum absolute atomic E-state index is 0.128. The van der Waals surface area contributed by atoms with Crippen LogP contribution in [0.25, 0.3) is 5.69 Å². The predicted molar refractivity (Wildman–Crippen MR) is 129 cm³/mol. The largest absolute Gasteiger partial charge is 0.409 e. The lowest BCUT2D eigenvalue weighted by atomic mass is 10.1. The number of imidazole rings is 1. The van der Waals surface area contributed by atoms with E-state index < -0.39 is 20.4 Å². The van der Waals surface area contributed by atoms with Crippen molar-refractivity contribution < 1.29 is 14.0 Å². The van der Waals surface area contributed by atoms with Gasteiger partial charge in [-0.05, 0) is 55.2 Å². The van der Waals surface area contributed by atoms with Crippen molar-refractivity contribution in [1.82, 2.24) is 14.9 Å². The summed E-state index contributed by atoms with van der Waals surface area (Å²) in [4.78, 5) is 27.4. The van der Waals surface area contributed by atoms with Gasteiger partial charge in [-0.3, -0.25) is 4.79 Å². The fourth-order valence-corrected chi connectivity index (χ4v) is 3.67. The SMILES string of the molecule is CC(C)(C)[Si](C)(C)OCc1nccn1-c1ccc(NC(=O)[C@@H](N)CCCNC(N)=O)cc1. The summed E-state index contributed by atoms with van der Waals surface area (Å²) in [6.07, 6.45) is 4.66. The van der Waals surface area contributed by atoms with Crippen LogP contribution in [-0.2, 0) is 15.8 Å². The Balaban J connectivity index is 1.95. The first-order valence-electron chi connectivity index (χ1n) is 10.8. The minimum Gasteiger partial charge on any atom is -0.409 e. The normalized spacial score (nSPS) is 12.9. The smallest absolute Gasteiger partial charge is 0.312 e. The highest BCUT2D eigenvalue weighted by atomic mass is 28.4. The number of amides is 3. The third kappa shape index (κ3) is 7.18. The summed E-state index contributed by atoms with van der Waals surface area (Å²) in [7, 11) is -1.88. The van der Waals surface area contributed by atoms with E-state index in [0.717, 1.165) is 11.5 Å². The van der Waals surface area contributed by atoms with Gasteiger partial charge in [-0.1, -0.05) is 20.8 Å². The van der Waals surface area contributed by atoms with Crippen LogP contribution in [0.1, 0.15) is 39.4 Å². The number of hydrogen-bond acceptors (Lipinski definition) is 5. The third-order valence-electron chi connectivity index (χ3n) is 5.83. The zero-order valence-corrected chi connectivity index (χ0v) is 20.6. The van der Waals surface area contributed by atoms with Crippen molar-refractivity contribution in [2.45, 2.75) is 64.4 Å². The van der Waals surface area contributed by atoms with Gasteiger partial charge in [0.1, 0.15) is 5.82 Å². The van der Waals surface area contributed by atoms with Gasteiger partial charge in [0.2, 0.25) is 5.91 Å². The molecule has 0 aliphatic rings. The molecular weight excluding hydrogens is 424 g/mol. The third-order valence-corrected chi connectivity index (χ3v) is 10.3. The van der Waals surface area contributed by atoms with Gasteiger partial charge in [-0.2, -0.15) is 0 Å². The van der Waals surface area contributed by atoms with Gasteiger partial charge in [-0.25, -0.2) is 9.78 Å². The molecule has 9 nitrogen and oxygen atoms in total. The van der Waals surface area contributed by atoms with Crippen LogP contribution in [0.4, 0.5) is 10.5 Å². The molecule has 3 amide bonds. The minimum atomic E-state index is -1.88. The first kappa shape index (κ1) is 25.6. The summed E-state index contributed by atoms with van der Waals surface area (Å²) < 4.78 is 8.29. The molecule has 0 bridgehead atoms. The van der Waals surface area contributed by atoms with E-state index in [1.54, 1.807) is 6.20 Å². The van der Waals surface area contributed by atoms with E-state index in [4.69, 9.17) is 15.9 Å². The molecule has 2 aromatic rings. The van der Waals surface area contributed by atoms with Crippen LogP contribution in [-0.4, -0.2) is 42.4 Å². The molecule has 176 valence electrons. The molecule has 10 heteroatoms. The highest BCUT2D eigenvalue weighted by Crippen LogP contribution is 2.37. The number of urea groups is 1. The number of primary amides is 1. The highest BCUT2D eigenvalue weighted by molar-refractivity contribution is 6.74. The summed E-state index contributed by atoms with van der Waals surface area (Å²) >= 11 is 0. The summed E-state index contributed by atoms with van der Waals surface area (Å²) in [6, 6.07) is 6.22. The van der Waals surface area contributed by atoms with Crippen LogP contribution in [0.2, 0.25) is 18.1 Å². The lowest BCUT2D eigenvalue weighted by molar-refractivity contribution is -0.117. The Labute approximate surface area is 191 Å². The Morgan fingerprint density at radius 3 is 2.47 bits per heavy atom. The van der Waals surface area contributed by atoms with Crippen molar-refractivity contribution in [1.29, 1.82) is 0 Å². The molecule has 32 heavy (non-hydrogen) atoms. The first-order chi connectivity index (χ1) is 14.9. The fourth-order valence-electron chi connectivity index (χ4n) is 2.74. The number of hydrogen-bond donors (Lipinski definition) is 4. The number of aromatic nitrogens is 2. The molecule has 6 N–H and O–H groups in total. The monoisotopic (exact) mass is 460 g/mol. The van der Waals surface area contributed by atoms with E-state index in [1.165, 1.54) is 0 Å². The number of carbonyl (C=O) groups excluding carboxylic acids is 2. The molecule has 0 aliphatic carbocycles. The van der Waals surface area contributed by atoms with E-state index in [0.29, 0.717) is 31.7 Å². The Kier molecular flexibility index (Phi) is 8.59. The van der Waals surface area contributed by atoms with Gasteiger partial charge in [-0.15, -0.1) is 0 Å². The molecule has 0 fully saturated rings. The van der Waals surface area contributed by atoms with Gasteiger partial charge in [0, 0.05) is 30.3 Å². The molecule has 2 rings (SSSR count). The molecule has 0 unspecified atom stereocenters. The van der Waals surface area contributed by atoms with E-state index in [9.17, 15) is 9.59 Å². The van der Waals surface area contributed by atoms with Crippen LogP contribution >= 0.6 is 0 Å². The van der Waals surface area contributed by atoms with E-state index in [2.05, 4.69) is 49.5 Å². The number of anilines is 1. The number of carbonyl (C=O) groups is 2. The molecule has 0 saturated heterocycles. The molecular formula is C22H36N6O3Si. The molecule has 0 spiro atoms. The van der Waals surface area contributed by atoms with Crippen LogP contribution in [0.15, 0.2) is 36.7 Å². The number of rotatable bonds is 10. The highest BCUT2D eigenvalue weighted by Gasteiger charge is 2.37. The zero-order valence-electron chi connectivity index (χ0n) is 19.6. The molecule has 1 heterocycles. The van der Waals surface area contributed by atoms with Gasteiger partial charge >= 0.3 is 6.03 Å². The van der Waals surface area contributed by atoms with Crippen molar-refractivity contribution in [2.75, 3.05) is 11.9 Å². The quantitative estimate of drug-likeness (QED) is 0.319. The second-order valence-corrected chi connectivity index (χ2v) is 14.1. The van der Waals surface area contributed by atoms with Crippen LogP contribution in [0, 0.1) is 0 Å². The Bertz CT molecular complexity index is 905. The molecule has 0 saturated carbocycles. The average molecular weight is 461 g/mol. The van der Waals surface area contributed by atoms with Crippen molar-refractivity contribution in [3.05, 3.63) is 42.5 Å². The molecule has 1 atom stereocenters. The summed E-state index contributed by atoms with van der Waals surface area (Å²) in [5, 5.41) is 5.42. The average Bonchev–Trinajstić information content (AvgIpc) is 3.17. The van der Waals surface area contributed by atoms with E-state index in [1.807, 2.05) is 35.0 Å². The van der Waals surface area contributed by atoms with Crippen molar-refractivity contribution in [2.24, 2.45) is 11.5 Å². The van der Waals surface area contributed by atoms with Gasteiger partial charge in [0.15, 0.2) is 8.32 Å². The number of nitrogens with one attached hydrogen (secondary N) is 2. The van der Waals surface area contributed by atoms with Crippen molar-refractivity contribution in [3.8, 4) is 5.69 Å². The van der Waals surface area contributed by atoms with Crippen molar-refractivity contribution in [3.63, 3.8) is 0 Å². The molecule has 1 aromatic carbocycles. The van der Waals surface area contributed by atoms with Gasteiger partial charge in [0.05, 0.1) is 12.6 Å². The van der Waals surface area contributed by atoms with Crippen LogP contribution in [0.5, 0.6) is 0 Å². The summed E-state index contributed by atoms with van der Waals surface area (Å²) in [5.74, 6) is 0.557. The maximum atomic E-state index is 12.3. The van der Waals surface area contributed by atoms with E-state index in [-0.39, 0.29) is 10.9 Å². The van der Waals surface area contributed by atoms with Gasteiger partial charge in [0.25, 0.3) is 0 Å². The predicted octanol–water partition coefficient (Wildman–Crippen LogP) is 3.11. The lowest BCUT2D eigenvalue weighted by Crippen LogP contribution is -2.40. The lowest BCUT2D eigenvalue weighted by Gasteiger charge is -2.36. The number of nitrogens with zero attached hydrogens (tertiary/aromatic N) is 2. The second kappa shape index (κ2) is 10.8. The van der Waals surface area contributed by atoms with Gasteiger partial charge < -0.3 is 31.1 Å². The van der Waals surface area contributed by atoms with Crippen molar-refractivity contribution >= 4 is 25.9 Å². The van der Waals surface area contributed by atoms with Crippen LogP contribution in [0.3, 0.4) is 0 Å². The number of nitrogens with two attached hydrogens (primary N) is 2. The summed E-state index contributed by atoms with van der Waals surface area (Å²) in [6.45, 7) is 11.9. The fraction of sp³-hybridized carbons (Fsp3) is 0.500. The number of benzene rings is 1. The Morgan fingerprint density at radius 1 is 1.22 bits per heavy atom. The van der Waals surface area contributed by atoms with Crippen LogP contribution < -0.4 is 22.1 Å². The Hall–Kier alpha value is -2.69. The first-order valence-corrected chi connectivity index (χ1v) is 13.7. The Morgan fingerprint density at radius 2 is 1.88 bits per heavy atom. The standard InChI is InChI=1S/C22H36N6O3Si/c1-22(2,3)32(4,5)31-15-19-25-13-14-28(19)17-10-8-16(9-11-17)27-20(29)18(23)7-6-12-26-21(24)30/h8-11,13-14,18H,6-7,12,15,23H2,1-5H3,(H,27,29)(H3,24,26,30)/t18-/m0/s1. The maximum Gasteiger partial charge on any atom is 0.312 e. The second-order valence-electron chi connectivity index (χ2n) is 9.34. The molecule has 0 radical (unpaired) electrons.